The third kappa shape index (κ3) is 1.73. The Morgan fingerprint density at radius 2 is 1.89 bits per heavy atom. The topological polar surface area (TPSA) is 59.2 Å². The molecule has 0 saturated heterocycles. The molecule has 0 aliphatic carbocycles. The molecule has 0 aliphatic rings. The number of aromatic amines is 1. The van der Waals surface area contributed by atoms with Crippen LogP contribution in [-0.2, 0) is 4.74 Å². The molecule has 1 N–H and O–H groups in total. The van der Waals surface area contributed by atoms with Gasteiger partial charge in [-0.05, 0) is 0 Å². The second kappa shape index (κ2) is 4.17. The molecule has 18 heavy (non-hydrogen) atoms. The maximum Gasteiger partial charge on any atom is 0.354 e. The summed E-state index contributed by atoms with van der Waals surface area (Å²) >= 11 is 0. The van der Waals surface area contributed by atoms with E-state index in [1.807, 2.05) is 0 Å². The van der Waals surface area contributed by atoms with Crippen LogP contribution in [0, 0.1) is 17.5 Å². The minimum Gasteiger partial charge on any atom is -0.464 e. The molecule has 0 radical (unpaired) electrons. The van der Waals surface area contributed by atoms with Crippen molar-refractivity contribution in [1.29, 1.82) is 0 Å². The quantitative estimate of drug-likeness (QED) is 0.625. The van der Waals surface area contributed by atoms with E-state index < -0.39 is 39.8 Å². The molecule has 0 bridgehead atoms. The summed E-state index contributed by atoms with van der Waals surface area (Å²) in [6.45, 7) is 0. The predicted octanol–water partition coefficient (Wildman–Crippen LogP) is 1.73. The Labute approximate surface area is 98.0 Å². The van der Waals surface area contributed by atoms with E-state index in [-0.39, 0.29) is 11.8 Å². The number of pyridine rings is 1. The molecule has 0 fully saturated rings. The number of fused-ring (bicyclic) bond motifs is 1. The van der Waals surface area contributed by atoms with Gasteiger partial charge in [-0.3, -0.25) is 4.79 Å². The molecular formula is C11H6F3NO3. The van der Waals surface area contributed by atoms with E-state index in [1.54, 1.807) is 0 Å². The molecule has 1 heterocycles. The van der Waals surface area contributed by atoms with Crippen molar-refractivity contribution in [3.63, 3.8) is 0 Å². The van der Waals surface area contributed by atoms with Crippen LogP contribution in [0.1, 0.15) is 10.5 Å². The zero-order chi connectivity index (χ0) is 13.4. The molecule has 0 amide bonds. The number of H-pyrrole nitrogens is 1. The summed E-state index contributed by atoms with van der Waals surface area (Å²) in [5, 5.41) is -0.778. The summed E-state index contributed by atoms with van der Waals surface area (Å²) < 4.78 is 44.1. The van der Waals surface area contributed by atoms with E-state index >= 15 is 0 Å². The van der Waals surface area contributed by atoms with Crippen LogP contribution in [0.25, 0.3) is 10.9 Å². The highest BCUT2D eigenvalue weighted by Gasteiger charge is 2.18. The minimum absolute atomic E-state index is 0.286. The Balaban J connectivity index is 2.91. The van der Waals surface area contributed by atoms with Gasteiger partial charge in [0, 0.05) is 12.1 Å². The van der Waals surface area contributed by atoms with Gasteiger partial charge in [-0.1, -0.05) is 0 Å². The Hall–Kier alpha value is -2.31. The van der Waals surface area contributed by atoms with E-state index in [1.165, 1.54) is 0 Å². The van der Waals surface area contributed by atoms with E-state index in [0.717, 1.165) is 13.2 Å². The summed E-state index contributed by atoms with van der Waals surface area (Å²) in [7, 11) is 1.06. The molecule has 0 spiro atoms. The van der Waals surface area contributed by atoms with Crippen LogP contribution in [-0.4, -0.2) is 18.1 Å². The number of carbonyl (C=O) groups is 1. The number of ether oxygens (including phenoxy) is 1. The summed E-state index contributed by atoms with van der Waals surface area (Å²) in [6, 6.07) is 1.00. The highest BCUT2D eigenvalue weighted by molar-refractivity contribution is 5.91. The van der Waals surface area contributed by atoms with Crippen LogP contribution in [0.3, 0.4) is 0 Å². The zero-order valence-electron chi connectivity index (χ0n) is 9.01. The number of esters is 1. The third-order valence-electron chi connectivity index (χ3n) is 2.36. The van der Waals surface area contributed by atoms with Crippen LogP contribution in [0.2, 0.25) is 0 Å². The molecule has 0 saturated carbocycles. The molecule has 1 aromatic heterocycles. The summed E-state index contributed by atoms with van der Waals surface area (Å²) in [6.07, 6.45) is 0. The van der Waals surface area contributed by atoms with Gasteiger partial charge in [-0.2, -0.15) is 0 Å². The van der Waals surface area contributed by atoms with Gasteiger partial charge in [0.1, 0.15) is 5.69 Å². The summed E-state index contributed by atoms with van der Waals surface area (Å²) in [5.74, 6) is -5.04. The first-order chi connectivity index (χ1) is 8.45. The molecule has 7 heteroatoms. The molecule has 2 rings (SSSR count). The van der Waals surface area contributed by atoms with Crippen molar-refractivity contribution >= 4 is 16.9 Å². The van der Waals surface area contributed by atoms with Crippen molar-refractivity contribution in [2.24, 2.45) is 0 Å². The lowest BCUT2D eigenvalue weighted by Crippen LogP contribution is -2.13. The maximum absolute atomic E-state index is 13.4. The number of nitrogens with one attached hydrogen (secondary N) is 1. The van der Waals surface area contributed by atoms with Gasteiger partial charge in [0.2, 0.25) is 0 Å². The SMILES string of the molecule is COC(=O)c1cc(=O)c2c(F)c(F)cc(F)c2[nH]1. The Bertz CT molecular complexity index is 709. The van der Waals surface area contributed by atoms with Crippen molar-refractivity contribution in [2.75, 3.05) is 7.11 Å². The number of halogens is 3. The molecule has 0 atom stereocenters. The normalized spacial score (nSPS) is 10.7. The molecule has 4 nitrogen and oxygen atoms in total. The number of aromatic nitrogens is 1. The average molecular weight is 257 g/mol. The van der Waals surface area contributed by atoms with Crippen LogP contribution in [0.4, 0.5) is 13.2 Å². The highest BCUT2D eigenvalue weighted by atomic mass is 19.2. The van der Waals surface area contributed by atoms with Gasteiger partial charge in [0.05, 0.1) is 18.0 Å². The van der Waals surface area contributed by atoms with Gasteiger partial charge in [0.15, 0.2) is 22.9 Å². The Kier molecular flexibility index (Phi) is 2.82. The minimum atomic E-state index is -1.48. The van der Waals surface area contributed by atoms with Crippen LogP contribution < -0.4 is 5.43 Å². The second-order valence-electron chi connectivity index (χ2n) is 3.44. The molecule has 0 unspecified atom stereocenters. The molecule has 1 aromatic carbocycles. The van der Waals surface area contributed by atoms with E-state index in [2.05, 4.69) is 9.72 Å². The van der Waals surface area contributed by atoms with Crippen molar-refractivity contribution in [3.8, 4) is 0 Å². The van der Waals surface area contributed by atoms with Crippen molar-refractivity contribution in [2.45, 2.75) is 0 Å². The standard InChI is InChI=1S/C11H6F3NO3/c1-18-11(17)6-3-7(16)8-9(14)4(12)2-5(13)10(8)15-6/h2-3H,1H3,(H,15,16). The summed E-state index contributed by atoms with van der Waals surface area (Å²) in [4.78, 5) is 24.9. The van der Waals surface area contributed by atoms with Crippen molar-refractivity contribution in [3.05, 3.63) is 45.5 Å². The number of hydrogen-bond acceptors (Lipinski definition) is 3. The van der Waals surface area contributed by atoms with Crippen molar-refractivity contribution < 1.29 is 22.7 Å². The van der Waals surface area contributed by atoms with Gasteiger partial charge in [-0.25, -0.2) is 18.0 Å². The van der Waals surface area contributed by atoms with Crippen LogP contribution >= 0.6 is 0 Å². The first kappa shape index (κ1) is 12.2. The number of carbonyl (C=O) groups excluding carboxylic acids is 1. The van der Waals surface area contributed by atoms with Crippen LogP contribution in [0.15, 0.2) is 16.9 Å². The second-order valence-corrected chi connectivity index (χ2v) is 3.44. The predicted molar refractivity (Wildman–Crippen MR) is 55.8 cm³/mol. The zero-order valence-corrected chi connectivity index (χ0v) is 9.01. The first-order valence-electron chi connectivity index (χ1n) is 4.74. The lowest BCUT2D eigenvalue weighted by molar-refractivity contribution is 0.0594. The fourth-order valence-corrected chi connectivity index (χ4v) is 1.54. The monoisotopic (exact) mass is 257 g/mol. The first-order valence-corrected chi connectivity index (χ1v) is 4.74. The van der Waals surface area contributed by atoms with Crippen molar-refractivity contribution in [1.82, 2.24) is 4.98 Å². The fourth-order valence-electron chi connectivity index (χ4n) is 1.54. The van der Waals surface area contributed by atoms with Crippen LogP contribution in [0.5, 0.6) is 0 Å². The van der Waals surface area contributed by atoms with Gasteiger partial charge in [-0.15, -0.1) is 0 Å². The summed E-state index contributed by atoms with van der Waals surface area (Å²) in [5.41, 5.74) is -1.94. The lowest BCUT2D eigenvalue weighted by Gasteiger charge is -2.05. The Morgan fingerprint density at radius 1 is 1.22 bits per heavy atom. The largest absolute Gasteiger partial charge is 0.464 e. The molecule has 0 aliphatic heterocycles. The number of hydrogen-bond donors (Lipinski definition) is 1. The molecule has 94 valence electrons. The van der Waals surface area contributed by atoms with Gasteiger partial charge >= 0.3 is 5.97 Å². The highest BCUT2D eigenvalue weighted by Crippen LogP contribution is 2.19. The maximum atomic E-state index is 13.4. The molecule has 2 aromatic rings. The third-order valence-corrected chi connectivity index (χ3v) is 2.36. The van der Waals surface area contributed by atoms with E-state index in [9.17, 15) is 22.8 Å². The van der Waals surface area contributed by atoms with Gasteiger partial charge in [0.25, 0.3) is 0 Å². The van der Waals surface area contributed by atoms with Gasteiger partial charge < -0.3 is 9.72 Å². The molecular weight excluding hydrogens is 251 g/mol. The number of rotatable bonds is 1. The van der Waals surface area contributed by atoms with E-state index in [4.69, 9.17) is 0 Å². The number of benzene rings is 1. The average Bonchev–Trinajstić information content (AvgIpc) is 2.34. The Morgan fingerprint density at radius 3 is 2.50 bits per heavy atom. The van der Waals surface area contributed by atoms with E-state index in [0.29, 0.717) is 0 Å². The lowest BCUT2D eigenvalue weighted by atomic mass is 10.1. The number of methoxy groups -OCH3 is 1. The smallest absolute Gasteiger partial charge is 0.354 e. The fraction of sp³-hybridized carbons (Fsp3) is 0.0909.